The average molecular weight is 586 g/mol. The molecule has 0 fully saturated rings. The molecule has 1 amide bonds. The van der Waals surface area contributed by atoms with E-state index in [0.717, 1.165) is 11.1 Å². The molecule has 1 atom stereocenters. The van der Waals surface area contributed by atoms with Crippen molar-refractivity contribution in [1.29, 1.82) is 0 Å². The van der Waals surface area contributed by atoms with Gasteiger partial charge < -0.3 is 23.7 Å². The number of hydrogen-bond donors (Lipinski definition) is 1. The Hall–Kier alpha value is -3.88. The second kappa shape index (κ2) is 12.5. The molecule has 1 aliphatic heterocycles. The number of fused-ring (bicyclic) bond motifs is 1. The molecule has 0 saturated heterocycles. The summed E-state index contributed by atoms with van der Waals surface area (Å²) in [7, 11) is 1.23. The Kier molecular flexibility index (Phi) is 9.12. The third kappa shape index (κ3) is 7.83. The lowest BCUT2D eigenvalue weighted by molar-refractivity contribution is -0.136. The molecule has 1 aliphatic rings. The summed E-state index contributed by atoms with van der Waals surface area (Å²) in [4.78, 5) is 24.4. The van der Waals surface area contributed by atoms with Gasteiger partial charge in [0.25, 0.3) is 0 Å². The molecule has 3 aromatic rings. The first kappa shape index (κ1) is 29.1. The smallest absolute Gasteiger partial charge is 0.412 e. The Morgan fingerprint density at radius 2 is 1.75 bits per heavy atom. The van der Waals surface area contributed by atoms with E-state index in [2.05, 4.69) is 5.32 Å². The number of alkyl carbamates (subject to hydrolysis) is 1. The molecule has 0 radical (unpaired) electrons. The van der Waals surface area contributed by atoms with Gasteiger partial charge in [-0.25, -0.2) is 9.59 Å². The van der Waals surface area contributed by atoms with Crippen molar-refractivity contribution in [2.45, 2.75) is 39.1 Å². The Bertz CT molecular complexity index is 1410. The first-order chi connectivity index (χ1) is 19.0. The first-order valence-corrected chi connectivity index (χ1v) is 13.2. The standard InChI is InChI=1S/C30H29Cl2NO7/c1-30(2,3)40-29(35)33-24(28(34)36-4)14-18-6-12-25-26(15-18)38-17-27(39-25)20-7-9-21(10-8-20)37-16-19-5-11-22(31)23(32)13-19/h5-15,27H,16-17H2,1-4H3,(H,33,35)/b24-14-/t27-/m0/s1. The number of halogens is 2. The Morgan fingerprint density at radius 1 is 1.00 bits per heavy atom. The molecular formula is C30H29Cl2NO7. The first-order valence-electron chi connectivity index (χ1n) is 12.4. The average Bonchev–Trinajstić information content (AvgIpc) is 2.92. The highest BCUT2D eigenvalue weighted by Gasteiger charge is 2.24. The van der Waals surface area contributed by atoms with Gasteiger partial charge in [-0.05, 0) is 79.9 Å². The molecular weight excluding hydrogens is 557 g/mol. The summed E-state index contributed by atoms with van der Waals surface area (Å²) < 4.78 is 28.0. The van der Waals surface area contributed by atoms with Crippen LogP contribution in [0.4, 0.5) is 4.79 Å². The largest absolute Gasteiger partial charge is 0.489 e. The van der Waals surface area contributed by atoms with Gasteiger partial charge in [-0.1, -0.05) is 47.5 Å². The van der Waals surface area contributed by atoms with Crippen molar-refractivity contribution in [1.82, 2.24) is 5.32 Å². The molecule has 0 saturated carbocycles. The quantitative estimate of drug-likeness (QED) is 0.233. The van der Waals surface area contributed by atoms with E-state index in [4.69, 9.17) is 46.9 Å². The monoisotopic (exact) mass is 585 g/mol. The second-order valence-electron chi connectivity index (χ2n) is 9.91. The van der Waals surface area contributed by atoms with Crippen LogP contribution in [0.3, 0.4) is 0 Å². The summed E-state index contributed by atoms with van der Waals surface area (Å²) in [5.74, 6) is 1.04. The predicted molar refractivity (Wildman–Crippen MR) is 152 cm³/mol. The number of carbonyl (C=O) groups is 2. The van der Waals surface area contributed by atoms with E-state index in [1.54, 1.807) is 51.1 Å². The number of benzene rings is 3. The van der Waals surface area contributed by atoms with Crippen molar-refractivity contribution < 1.29 is 33.3 Å². The van der Waals surface area contributed by atoms with Crippen LogP contribution in [0.15, 0.2) is 66.4 Å². The van der Waals surface area contributed by atoms with Crippen molar-refractivity contribution in [2.24, 2.45) is 0 Å². The number of rotatable bonds is 7. The van der Waals surface area contributed by atoms with Crippen LogP contribution in [0.1, 0.15) is 43.6 Å². The normalized spacial score (nSPS) is 14.8. The van der Waals surface area contributed by atoms with E-state index in [1.807, 2.05) is 30.3 Å². The van der Waals surface area contributed by atoms with E-state index in [9.17, 15) is 9.59 Å². The minimum absolute atomic E-state index is 0.0761. The van der Waals surface area contributed by atoms with E-state index in [1.165, 1.54) is 13.2 Å². The molecule has 0 aliphatic carbocycles. The molecule has 40 heavy (non-hydrogen) atoms. The number of amides is 1. The fourth-order valence-corrected chi connectivity index (χ4v) is 4.07. The van der Waals surface area contributed by atoms with Gasteiger partial charge in [0.05, 0.1) is 17.2 Å². The van der Waals surface area contributed by atoms with Gasteiger partial charge in [-0.2, -0.15) is 0 Å². The number of carbonyl (C=O) groups excluding carboxylic acids is 2. The highest BCUT2D eigenvalue weighted by molar-refractivity contribution is 6.42. The fraction of sp³-hybridized carbons (Fsp3) is 0.267. The van der Waals surface area contributed by atoms with E-state index in [0.29, 0.717) is 39.5 Å². The van der Waals surface area contributed by atoms with Crippen LogP contribution in [-0.4, -0.2) is 31.4 Å². The van der Waals surface area contributed by atoms with Gasteiger partial charge >= 0.3 is 12.1 Å². The topological polar surface area (TPSA) is 92.3 Å². The molecule has 1 heterocycles. The lowest BCUT2D eigenvalue weighted by Crippen LogP contribution is -2.34. The molecule has 1 N–H and O–H groups in total. The predicted octanol–water partition coefficient (Wildman–Crippen LogP) is 7.12. The summed E-state index contributed by atoms with van der Waals surface area (Å²) in [6.45, 7) is 5.82. The van der Waals surface area contributed by atoms with Crippen molar-refractivity contribution >= 4 is 41.3 Å². The van der Waals surface area contributed by atoms with Gasteiger partial charge in [0.2, 0.25) is 0 Å². The zero-order valence-electron chi connectivity index (χ0n) is 22.5. The van der Waals surface area contributed by atoms with Crippen LogP contribution in [0.5, 0.6) is 17.2 Å². The van der Waals surface area contributed by atoms with Gasteiger partial charge in [0.1, 0.15) is 30.3 Å². The van der Waals surface area contributed by atoms with Crippen molar-refractivity contribution in [3.05, 3.63) is 93.1 Å². The van der Waals surface area contributed by atoms with Crippen molar-refractivity contribution in [2.75, 3.05) is 13.7 Å². The van der Waals surface area contributed by atoms with Crippen LogP contribution in [0.2, 0.25) is 10.0 Å². The number of nitrogens with one attached hydrogen (secondary N) is 1. The Labute approximate surface area is 242 Å². The van der Waals surface area contributed by atoms with Crippen LogP contribution in [-0.2, 0) is 20.9 Å². The number of hydrogen-bond acceptors (Lipinski definition) is 7. The molecule has 210 valence electrons. The van der Waals surface area contributed by atoms with E-state index in [-0.39, 0.29) is 18.4 Å². The fourth-order valence-electron chi connectivity index (χ4n) is 3.75. The molecule has 0 unspecified atom stereocenters. The van der Waals surface area contributed by atoms with E-state index < -0.39 is 17.7 Å². The summed E-state index contributed by atoms with van der Waals surface area (Å²) in [5, 5.41) is 3.42. The summed E-state index contributed by atoms with van der Waals surface area (Å²) >= 11 is 12.0. The molecule has 0 aromatic heterocycles. The van der Waals surface area contributed by atoms with Gasteiger partial charge in [-0.15, -0.1) is 0 Å². The van der Waals surface area contributed by atoms with Gasteiger partial charge in [-0.3, -0.25) is 5.32 Å². The molecule has 3 aromatic carbocycles. The van der Waals surface area contributed by atoms with Crippen molar-refractivity contribution in [3.8, 4) is 17.2 Å². The Balaban J connectivity index is 1.40. The third-order valence-corrected chi connectivity index (χ3v) is 6.36. The van der Waals surface area contributed by atoms with E-state index >= 15 is 0 Å². The Morgan fingerprint density at radius 3 is 2.42 bits per heavy atom. The minimum atomic E-state index is -0.768. The number of ether oxygens (including phenoxy) is 5. The molecule has 0 spiro atoms. The lowest BCUT2D eigenvalue weighted by atomic mass is 10.1. The van der Waals surface area contributed by atoms with Crippen LogP contribution >= 0.6 is 23.2 Å². The highest BCUT2D eigenvalue weighted by atomic mass is 35.5. The number of methoxy groups -OCH3 is 1. The molecule has 8 nitrogen and oxygen atoms in total. The zero-order valence-corrected chi connectivity index (χ0v) is 24.0. The van der Waals surface area contributed by atoms with Crippen LogP contribution in [0, 0.1) is 0 Å². The molecule has 4 rings (SSSR count). The maximum absolute atomic E-state index is 12.2. The van der Waals surface area contributed by atoms with Gasteiger partial charge in [0, 0.05) is 0 Å². The highest BCUT2D eigenvalue weighted by Crippen LogP contribution is 2.37. The van der Waals surface area contributed by atoms with Crippen molar-refractivity contribution in [3.63, 3.8) is 0 Å². The summed E-state index contributed by atoms with van der Waals surface area (Å²) in [6.07, 6.45) is 0.384. The third-order valence-electron chi connectivity index (χ3n) is 5.62. The maximum Gasteiger partial charge on any atom is 0.412 e. The van der Waals surface area contributed by atoms with Gasteiger partial charge in [0.15, 0.2) is 17.6 Å². The summed E-state index contributed by atoms with van der Waals surface area (Å²) in [6, 6.07) is 18.1. The number of esters is 1. The van der Waals surface area contributed by atoms with Crippen LogP contribution < -0.4 is 19.5 Å². The molecule has 0 bridgehead atoms. The lowest BCUT2D eigenvalue weighted by Gasteiger charge is -2.27. The minimum Gasteiger partial charge on any atom is -0.489 e. The maximum atomic E-state index is 12.2. The SMILES string of the molecule is COC(=O)/C(=C/c1ccc2c(c1)OC[C@@H](c1ccc(OCc3ccc(Cl)c(Cl)c3)cc1)O2)NC(=O)OC(C)(C)C. The molecule has 10 heteroatoms. The zero-order chi connectivity index (χ0) is 28.9. The summed E-state index contributed by atoms with van der Waals surface area (Å²) in [5.41, 5.74) is 1.63. The van der Waals surface area contributed by atoms with Crippen LogP contribution in [0.25, 0.3) is 6.08 Å². The second-order valence-corrected chi connectivity index (χ2v) is 10.7.